The Hall–Kier alpha value is 0.708. The van der Waals surface area contributed by atoms with Crippen molar-refractivity contribution in [2.24, 2.45) is 0 Å². The molecule has 1 N–H and O–H groups in total. The van der Waals surface area contributed by atoms with Crippen LogP contribution in [0.1, 0.15) is 0 Å². The third-order valence-electron chi connectivity index (χ3n) is 1.70. The van der Waals surface area contributed by atoms with Crippen molar-refractivity contribution < 1.29 is 51.0 Å². The van der Waals surface area contributed by atoms with E-state index >= 15 is 0 Å². The fourth-order valence-corrected chi connectivity index (χ4v) is 3.91. The van der Waals surface area contributed by atoms with Crippen molar-refractivity contribution in [3.05, 3.63) is 36.1 Å². The van der Waals surface area contributed by atoms with Gasteiger partial charge in [-0.1, -0.05) is 19.6 Å². The molecule has 2 nitrogen and oxygen atoms in total. The zero-order valence-corrected chi connectivity index (χ0v) is 17.3. The second-order valence-corrected chi connectivity index (χ2v) is 11.8. The van der Waals surface area contributed by atoms with E-state index in [0.717, 1.165) is 5.35 Å². The minimum atomic E-state index is -1.44. The maximum Gasteiger partial charge on any atom is 4.00 e. The van der Waals surface area contributed by atoms with Crippen LogP contribution in [-0.4, -0.2) is 28.6 Å². The van der Waals surface area contributed by atoms with Gasteiger partial charge < -0.3 is 35.0 Å². The Balaban J connectivity index is -0.000000121. The van der Waals surface area contributed by atoms with E-state index in [1.54, 1.807) is 0 Å². The second-order valence-electron chi connectivity index (χ2n) is 4.78. The largest absolute Gasteiger partial charge is 4.00 e. The summed E-state index contributed by atoms with van der Waals surface area (Å²) in [4.78, 5) is 0. The van der Waals surface area contributed by atoms with Crippen molar-refractivity contribution in [2.45, 2.75) is 32.7 Å². The Kier molecular flexibility index (Phi) is 22.2. The van der Waals surface area contributed by atoms with E-state index in [4.69, 9.17) is 10.2 Å². The summed E-state index contributed by atoms with van der Waals surface area (Å²) in [6.45, 7) is 11.2. The van der Waals surface area contributed by atoms with Gasteiger partial charge in [-0.3, -0.25) is 0 Å². The average Bonchev–Trinajstić information content (AvgIpc) is 2.70. The molecular weight excluding hydrogens is 349 g/mol. The van der Waals surface area contributed by atoms with Crippen LogP contribution in [0, 0.1) is 0 Å². The Morgan fingerprint density at radius 2 is 1.58 bits per heavy atom. The van der Waals surface area contributed by atoms with Crippen molar-refractivity contribution >= 4 is 22.1 Å². The van der Waals surface area contributed by atoms with E-state index in [9.17, 15) is 0 Å². The van der Waals surface area contributed by atoms with Gasteiger partial charge in [-0.05, 0) is 19.6 Å². The van der Waals surface area contributed by atoms with Crippen LogP contribution in [0.4, 0.5) is 0 Å². The fourth-order valence-electron chi connectivity index (χ4n) is 1.01. The summed E-state index contributed by atoms with van der Waals surface area (Å²) in [5.41, 5.74) is 7.26. The monoisotopic (exact) mass is 371 g/mol. The van der Waals surface area contributed by atoms with Crippen LogP contribution < -0.4 is 24.8 Å². The number of halogens is 2. The first-order valence-corrected chi connectivity index (χ1v) is 11.4. The molecular formula is C12H23Cl2NOSi2Ti. The van der Waals surface area contributed by atoms with Gasteiger partial charge in [-0.25, -0.2) is 12.1 Å². The fraction of sp³-hybridized carbons (Fsp3) is 0.500. The van der Waals surface area contributed by atoms with Gasteiger partial charge in [0.1, 0.15) is 0 Å². The molecule has 0 atom stereocenters. The summed E-state index contributed by atoms with van der Waals surface area (Å²) in [5, 5.41) is 1.04. The van der Waals surface area contributed by atoms with Crippen molar-refractivity contribution in [3.8, 4) is 0 Å². The minimum Gasteiger partial charge on any atom is -1.00 e. The molecule has 0 heterocycles. The molecule has 0 aliphatic heterocycles. The SMILES string of the molecule is C[Si](C)=C(C[NH-])O[Si](C)(C)C.[Cl-].[Cl-].[Ti+4].c1cc[cH-]c1. The smallest absolute Gasteiger partial charge is 1.00 e. The molecule has 0 amide bonds. The van der Waals surface area contributed by atoms with Gasteiger partial charge in [0.25, 0.3) is 0 Å². The molecule has 0 aromatic heterocycles. The quantitative estimate of drug-likeness (QED) is 0.437. The van der Waals surface area contributed by atoms with Crippen molar-refractivity contribution in [1.29, 1.82) is 0 Å². The first-order chi connectivity index (χ1) is 7.37. The summed E-state index contributed by atoms with van der Waals surface area (Å²) < 4.78 is 5.76. The third-order valence-corrected chi connectivity index (χ3v) is 4.16. The van der Waals surface area contributed by atoms with Gasteiger partial charge in [0.2, 0.25) is 8.32 Å². The molecule has 0 fully saturated rings. The van der Waals surface area contributed by atoms with Crippen LogP contribution >= 0.6 is 0 Å². The van der Waals surface area contributed by atoms with Gasteiger partial charge >= 0.3 is 21.7 Å². The molecule has 0 saturated carbocycles. The summed E-state index contributed by atoms with van der Waals surface area (Å²) in [7, 11) is -1.95. The summed E-state index contributed by atoms with van der Waals surface area (Å²) in [6.07, 6.45) is 0. The minimum absolute atomic E-state index is 0. The van der Waals surface area contributed by atoms with E-state index < -0.39 is 16.7 Å². The first-order valence-electron chi connectivity index (χ1n) is 5.53. The van der Waals surface area contributed by atoms with Crippen LogP contribution in [0.25, 0.3) is 5.73 Å². The van der Waals surface area contributed by atoms with Crippen molar-refractivity contribution in [3.63, 3.8) is 0 Å². The normalized spacial score (nSPS) is 8.53. The topological polar surface area (TPSA) is 33.0 Å². The van der Waals surface area contributed by atoms with Gasteiger partial charge in [-0.15, -0.1) is 0 Å². The maximum atomic E-state index is 7.26. The Morgan fingerprint density at radius 3 is 1.68 bits per heavy atom. The van der Waals surface area contributed by atoms with E-state index in [2.05, 4.69) is 32.7 Å². The maximum absolute atomic E-state index is 7.26. The molecule has 1 aromatic carbocycles. The second kappa shape index (κ2) is 15.1. The standard InChI is InChI=1S/C7H18NOSi2.C5H5.2ClH.Ti/c1-10(2)7(6-8)9-11(3,4)5;1-2-4-5-3-1;;;/h8H,6H2,1-5H3;1-5H;2*1H;/q2*-1;;;+4/p-2. The van der Waals surface area contributed by atoms with Crippen LogP contribution in [0.15, 0.2) is 30.3 Å². The first kappa shape index (κ1) is 28.0. The zero-order chi connectivity index (χ0) is 12.6. The van der Waals surface area contributed by atoms with E-state index in [1.165, 1.54) is 0 Å². The molecule has 1 aromatic rings. The Morgan fingerprint density at radius 1 is 1.16 bits per heavy atom. The number of rotatable bonds is 3. The van der Waals surface area contributed by atoms with Crippen LogP contribution in [0.3, 0.4) is 0 Å². The molecule has 0 aliphatic carbocycles. The van der Waals surface area contributed by atoms with E-state index in [0.29, 0.717) is 6.54 Å². The summed E-state index contributed by atoms with van der Waals surface area (Å²) >= 11 is 0. The van der Waals surface area contributed by atoms with Gasteiger partial charge in [0, 0.05) is 13.8 Å². The summed E-state index contributed by atoms with van der Waals surface area (Å²) in [6, 6.07) is 10.0. The molecule has 0 spiro atoms. The van der Waals surface area contributed by atoms with Crippen LogP contribution in [-0.2, 0) is 26.1 Å². The van der Waals surface area contributed by atoms with Gasteiger partial charge in [0.05, 0.1) is 0 Å². The molecule has 0 radical (unpaired) electrons. The predicted molar refractivity (Wildman–Crippen MR) is 78.1 cm³/mol. The molecule has 0 unspecified atom stereocenters. The number of hydrogen-bond donors (Lipinski definition) is 0. The zero-order valence-electron chi connectivity index (χ0n) is 12.3. The van der Waals surface area contributed by atoms with Crippen LogP contribution in [0.5, 0.6) is 0 Å². The molecule has 19 heavy (non-hydrogen) atoms. The number of nitrogens with one attached hydrogen (secondary N) is 1. The van der Waals surface area contributed by atoms with Gasteiger partial charge in [-0.2, -0.15) is 18.2 Å². The molecule has 108 valence electrons. The molecule has 7 heteroatoms. The Bertz CT molecular complexity index is 293. The molecule has 0 aliphatic rings. The molecule has 1 rings (SSSR count). The van der Waals surface area contributed by atoms with E-state index in [-0.39, 0.29) is 46.5 Å². The van der Waals surface area contributed by atoms with E-state index in [1.807, 2.05) is 30.3 Å². The predicted octanol–water partition coefficient (Wildman–Crippen LogP) is -2.23. The van der Waals surface area contributed by atoms with Gasteiger partial charge in [0.15, 0.2) is 0 Å². The Labute approximate surface area is 147 Å². The van der Waals surface area contributed by atoms with Crippen molar-refractivity contribution in [1.82, 2.24) is 0 Å². The van der Waals surface area contributed by atoms with Crippen molar-refractivity contribution in [2.75, 3.05) is 6.54 Å². The molecule has 0 saturated heterocycles. The number of hydrogen-bond acceptors (Lipinski definition) is 1. The van der Waals surface area contributed by atoms with Crippen LogP contribution in [0.2, 0.25) is 32.7 Å². The average molecular weight is 372 g/mol. The third kappa shape index (κ3) is 18.7. The summed E-state index contributed by atoms with van der Waals surface area (Å²) in [5.74, 6) is 0. The molecule has 0 bridgehead atoms.